The minimum Gasteiger partial charge on any atom is -0.482 e. The number of benzene rings is 2. The van der Waals surface area contributed by atoms with Crippen LogP contribution < -0.4 is 9.47 Å². The Kier molecular flexibility index (Phi) is 4.73. The molecule has 0 aliphatic heterocycles. The van der Waals surface area contributed by atoms with E-state index < -0.39 is 10.9 Å². The molecule has 22 heavy (non-hydrogen) atoms. The van der Waals surface area contributed by atoms with Crippen molar-refractivity contribution in [3.8, 4) is 11.5 Å². The summed E-state index contributed by atoms with van der Waals surface area (Å²) in [6.07, 6.45) is 0. The van der Waals surface area contributed by atoms with E-state index in [1.807, 2.05) is 19.1 Å². The van der Waals surface area contributed by atoms with Crippen molar-refractivity contribution in [1.82, 2.24) is 0 Å². The van der Waals surface area contributed by atoms with Crippen molar-refractivity contribution in [2.75, 3.05) is 6.61 Å². The Bertz CT molecular complexity index is 711. The molecule has 0 saturated heterocycles. The number of aryl methyl sites for hydroxylation is 2. The number of hydrogen-bond acceptors (Lipinski definition) is 5. The average molecular weight is 301 g/mol. The third-order valence-electron chi connectivity index (χ3n) is 2.97. The Labute approximate surface area is 127 Å². The van der Waals surface area contributed by atoms with Gasteiger partial charge in [0, 0.05) is 6.07 Å². The van der Waals surface area contributed by atoms with Gasteiger partial charge in [-0.25, -0.2) is 4.79 Å². The predicted molar refractivity (Wildman–Crippen MR) is 80.1 cm³/mol. The summed E-state index contributed by atoms with van der Waals surface area (Å²) in [5, 5.41) is 10.9. The van der Waals surface area contributed by atoms with Gasteiger partial charge >= 0.3 is 11.7 Å². The molecule has 0 saturated carbocycles. The van der Waals surface area contributed by atoms with Crippen molar-refractivity contribution in [2.24, 2.45) is 0 Å². The molecule has 0 heterocycles. The van der Waals surface area contributed by atoms with Gasteiger partial charge in [0.05, 0.1) is 4.92 Å². The first kappa shape index (κ1) is 15.5. The van der Waals surface area contributed by atoms with Gasteiger partial charge in [-0.05, 0) is 37.1 Å². The van der Waals surface area contributed by atoms with Crippen LogP contribution >= 0.6 is 0 Å². The van der Waals surface area contributed by atoms with Gasteiger partial charge in [0.1, 0.15) is 5.75 Å². The van der Waals surface area contributed by atoms with Gasteiger partial charge in [-0.1, -0.05) is 24.3 Å². The van der Waals surface area contributed by atoms with Gasteiger partial charge in [-0.15, -0.1) is 0 Å². The molecule has 0 radical (unpaired) electrons. The zero-order valence-electron chi connectivity index (χ0n) is 12.2. The molecule has 0 aliphatic carbocycles. The Hall–Kier alpha value is -2.89. The molecule has 0 fully saturated rings. The van der Waals surface area contributed by atoms with Gasteiger partial charge in [0.25, 0.3) is 0 Å². The largest absolute Gasteiger partial charge is 0.482 e. The van der Waals surface area contributed by atoms with Gasteiger partial charge in [0.2, 0.25) is 5.75 Å². The lowest BCUT2D eigenvalue weighted by Crippen LogP contribution is -2.18. The topological polar surface area (TPSA) is 78.7 Å². The number of para-hydroxylation sites is 1. The number of carbonyl (C=O) groups excluding carboxylic acids is 1. The van der Waals surface area contributed by atoms with Crippen LogP contribution in [0.4, 0.5) is 5.69 Å². The van der Waals surface area contributed by atoms with E-state index in [-0.39, 0.29) is 18.0 Å². The number of hydrogen-bond donors (Lipinski definition) is 0. The maximum Gasteiger partial charge on any atom is 0.349 e. The fourth-order valence-electron chi connectivity index (χ4n) is 1.86. The van der Waals surface area contributed by atoms with Crippen LogP contribution in [0.3, 0.4) is 0 Å². The van der Waals surface area contributed by atoms with E-state index in [9.17, 15) is 14.9 Å². The molecule has 0 aliphatic rings. The van der Waals surface area contributed by atoms with E-state index in [4.69, 9.17) is 9.47 Å². The summed E-state index contributed by atoms with van der Waals surface area (Å²) in [6.45, 7) is 3.28. The van der Waals surface area contributed by atoms with E-state index in [0.29, 0.717) is 5.75 Å². The molecule has 0 bridgehead atoms. The number of ether oxygens (including phenoxy) is 2. The molecule has 0 N–H and O–H groups in total. The van der Waals surface area contributed by atoms with Crippen LogP contribution in [0, 0.1) is 24.0 Å². The number of carbonyl (C=O) groups is 1. The summed E-state index contributed by atoms with van der Waals surface area (Å²) in [5.41, 5.74) is 1.39. The molecule has 0 amide bonds. The van der Waals surface area contributed by atoms with Crippen LogP contribution in [0.1, 0.15) is 11.1 Å². The third-order valence-corrected chi connectivity index (χ3v) is 2.97. The predicted octanol–water partition coefficient (Wildman–Crippen LogP) is 3.20. The second-order valence-electron chi connectivity index (χ2n) is 4.76. The molecule has 2 rings (SSSR count). The SMILES string of the molecule is Cc1ccc([N+](=O)[O-])c(OC(=O)COc2ccccc2C)c1. The van der Waals surface area contributed by atoms with Crippen LogP contribution in [0.2, 0.25) is 0 Å². The standard InChI is InChI=1S/C16H15NO5/c1-11-7-8-13(17(19)20)15(9-11)22-16(18)10-21-14-6-4-3-5-12(14)2/h3-9H,10H2,1-2H3. The zero-order chi connectivity index (χ0) is 16.1. The van der Waals surface area contributed by atoms with Gasteiger partial charge < -0.3 is 9.47 Å². The van der Waals surface area contributed by atoms with E-state index in [1.165, 1.54) is 12.1 Å². The van der Waals surface area contributed by atoms with Crippen LogP contribution in [-0.2, 0) is 4.79 Å². The lowest BCUT2D eigenvalue weighted by molar-refractivity contribution is -0.385. The highest BCUT2D eigenvalue weighted by Crippen LogP contribution is 2.28. The first-order valence-corrected chi connectivity index (χ1v) is 6.61. The van der Waals surface area contributed by atoms with Gasteiger partial charge in [-0.2, -0.15) is 0 Å². The molecule has 0 unspecified atom stereocenters. The van der Waals surface area contributed by atoms with Crippen molar-refractivity contribution in [1.29, 1.82) is 0 Å². The van der Waals surface area contributed by atoms with E-state index in [2.05, 4.69) is 0 Å². The third kappa shape index (κ3) is 3.82. The summed E-state index contributed by atoms with van der Waals surface area (Å²) >= 11 is 0. The number of nitro groups is 1. The summed E-state index contributed by atoms with van der Waals surface area (Å²) < 4.78 is 10.4. The normalized spacial score (nSPS) is 10.1. The van der Waals surface area contributed by atoms with Crippen LogP contribution in [0.25, 0.3) is 0 Å². The van der Waals surface area contributed by atoms with E-state index >= 15 is 0 Å². The number of nitrogens with zero attached hydrogens (tertiary/aromatic N) is 1. The first-order chi connectivity index (χ1) is 10.5. The van der Waals surface area contributed by atoms with Gasteiger partial charge in [-0.3, -0.25) is 10.1 Å². The molecule has 0 atom stereocenters. The zero-order valence-corrected chi connectivity index (χ0v) is 12.2. The Morgan fingerprint density at radius 2 is 1.86 bits per heavy atom. The van der Waals surface area contributed by atoms with Crippen LogP contribution in [-0.4, -0.2) is 17.5 Å². The van der Waals surface area contributed by atoms with Crippen molar-refractivity contribution >= 4 is 11.7 Å². The van der Waals surface area contributed by atoms with Gasteiger partial charge in [0.15, 0.2) is 6.61 Å². The Morgan fingerprint density at radius 3 is 2.55 bits per heavy atom. The highest BCUT2D eigenvalue weighted by molar-refractivity contribution is 5.75. The number of nitro benzene ring substituents is 1. The lowest BCUT2D eigenvalue weighted by atomic mass is 10.2. The highest BCUT2D eigenvalue weighted by Gasteiger charge is 2.18. The first-order valence-electron chi connectivity index (χ1n) is 6.61. The summed E-state index contributed by atoms with van der Waals surface area (Å²) in [4.78, 5) is 22.1. The summed E-state index contributed by atoms with van der Waals surface area (Å²) in [7, 11) is 0. The average Bonchev–Trinajstić information content (AvgIpc) is 2.46. The maximum absolute atomic E-state index is 11.8. The fraction of sp³-hybridized carbons (Fsp3) is 0.188. The smallest absolute Gasteiger partial charge is 0.349 e. The molecular formula is C16H15NO5. The molecule has 114 valence electrons. The Morgan fingerprint density at radius 1 is 1.14 bits per heavy atom. The van der Waals surface area contributed by atoms with Crippen molar-refractivity contribution in [3.63, 3.8) is 0 Å². The second kappa shape index (κ2) is 6.71. The molecule has 2 aromatic rings. The van der Waals surface area contributed by atoms with Crippen LogP contribution in [0.5, 0.6) is 11.5 Å². The highest BCUT2D eigenvalue weighted by atomic mass is 16.6. The lowest BCUT2D eigenvalue weighted by Gasteiger charge is -2.09. The molecule has 2 aromatic carbocycles. The molecule has 6 nitrogen and oxygen atoms in total. The summed E-state index contributed by atoms with van der Waals surface area (Å²) in [5.74, 6) is -0.210. The quantitative estimate of drug-likeness (QED) is 0.367. The number of esters is 1. The molecule has 0 aromatic heterocycles. The second-order valence-corrected chi connectivity index (χ2v) is 4.76. The van der Waals surface area contributed by atoms with E-state index in [0.717, 1.165) is 11.1 Å². The summed E-state index contributed by atoms with van der Waals surface area (Å²) in [6, 6.07) is 11.6. The van der Waals surface area contributed by atoms with Crippen LogP contribution in [0.15, 0.2) is 42.5 Å². The Balaban J connectivity index is 2.05. The monoisotopic (exact) mass is 301 g/mol. The van der Waals surface area contributed by atoms with Crippen molar-refractivity contribution in [2.45, 2.75) is 13.8 Å². The molecular weight excluding hydrogens is 286 g/mol. The molecule has 6 heteroatoms. The maximum atomic E-state index is 11.8. The minimum atomic E-state index is -0.697. The van der Waals surface area contributed by atoms with E-state index in [1.54, 1.807) is 25.1 Å². The minimum absolute atomic E-state index is 0.0802. The van der Waals surface area contributed by atoms with Crippen molar-refractivity contribution < 1.29 is 19.2 Å². The fourth-order valence-corrected chi connectivity index (χ4v) is 1.86. The number of rotatable bonds is 5. The van der Waals surface area contributed by atoms with Crippen molar-refractivity contribution in [3.05, 3.63) is 63.7 Å². The molecule has 0 spiro atoms.